The molecule has 0 rings (SSSR count). The molecular formula is C6H12N2O. The van der Waals surface area contributed by atoms with Gasteiger partial charge in [-0.25, -0.2) is 5.43 Å². The lowest BCUT2D eigenvalue weighted by Gasteiger charge is -2.07. The van der Waals surface area contributed by atoms with E-state index in [0.717, 1.165) is 0 Å². The van der Waals surface area contributed by atoms with E-state index in [0.29, 0.717) is 13.2 Å². The summed E-state index contributed by atoms with van der Waals surface area (Å²) in [4.78, 5) is 0. The average molecular weight is 128 g/mol. The molecule has 0 saturated carbocycles. The lowest BCUT2D eigenvalue weighted by Crippen LogP contribution is -2.37. The summed E-state index contributed by atoms with van der Waals surface area (Å²) in [5, 5.41) is 0. The van der Waals surface area contributed by atoms with Gasteiger partial charge >= 0.3 is 0 Å². The Morgan fingerprint density at radius 2 is 2.56 bits per heavy atom. The highest BCUT2D eigenvalue weighted by Gasteiger charge is 1.98. The van der Waals surface area contributed by atoms with Gasteiger partial charge in [-0.2, -0.15) is 0 Å². The van der Waals surface area contributed by atoms with E-state index in [1.54, 1.807) is 0 Å². The summed E-state index contributed by atoms with van der Waals surface area (Å²) in [6.07, 6.45) is 5.05. The number of ether oxygens (including phenoxy) is 1. The highest BCUT2D eigenvalue weighted by molar-refractivity contribution is 4.97. The molecule has 3 nitrogen and oxygen atoms in total. The molecule has 0 fully saturated rings. The summed E-state index contributed by atoms with van der Waals surface area (Å²) in [5.74, 6) is 7.48. The molecule has 0 aliphatic rings. The largest absolute Gasteiger partial charge is 0.379 e. The van der Waals surface area contributed by atoms with Crippen molar-refractivity contribution in [2.45, 2.75) is 13.0 Å². The molecule has 0 spiro atoms. The van der Waals surface area contributed by atoms with Gasteiger partial charge in [0, 0.05) is 6.61 Å². The smallest absolute Gasteiger partial charge is 0.105 e. The van der Waals surface area contributed by atoms with E-state index >= 15 is 0 Å². The van der Waals surface area contributed by atoms with Crippen molar-refractivity contribution in [3.8, 4) is 12.3 Å². The molecule has 0 aromatic heterocycles. The van der Waals surface area contributed by atoms with E-state index in [4.69, 9.17) is 17.0 Å². The molecular weight excluding hydrogens is 116 g/mol. The maximum Gasteiger partial charge on any atom is 0.105 e. The molecule has 0 aliphatic carbocycles. The first-order chi connectivity index (χ1) is 4.35. The maximum atomic E-state index is 5.05. The van der Waals surface area contributed by atoms with E-state index in [2.05, 4.69) is 11.3 Å². The number of nitrogens with two attached hydrogens (primary N) is 1. The van der Waals surface area contributed by atoms with Gasteiger partial charge in [-0.15, -0.1) is 6.42 Å². The maximum absolute atomic E-state index is 5.05. The van der Waals surface area contributed by atoms with Crippen molar-refractivity contribution in [1.29, 1.82) is 0 Å². The second-order valence-electron chi connectivity index (χ2n) is 1.55. The number of hydrazine groups is 1. The van der Waals surface area contributed by atoms with E-state index in [1.165, 1.54) is 0 Å². The number of hydrogen-bond donors (Lipinski definition) is 2. The quantitative estimate of drug-likeness (QED) is 0.304. The second kappa shape index (κ2) is 5.57. The Hall–Kier alpha value is -0.560. The van der Waals surface area contributed by atoms with Crippen LogP contribution in [0.5, 0.6) is 0 Å². The highest BCUT2D eigenvalue weighted by atomic mass is 16.5. The fourth-order valence-corrected chi connectivity index (χ4v) is 0.380. The molecule has 3 N–H and O–H groups in total. The van der Waals surface area contributed by atoms with Gasteiger partial charge in [-0.05, 0) is 6.92 Å². The Morgan fingerprint density at radius 3 is 2.89 bits per heavy atom. The van der Waals surface area contributed by atoms with Gasteiger partial charge in [0.2, 0.25) is 0 Å². The molecule has 52 valence electrons. The summed E-state index contributed by atoms with van der Waals surface area (Å²) < 4.78 is 4.99. The molecule has 9 heavy (non-hydrogen) atoms. The molecule has 0 aliphatic heterocycles. The third kappa shape index (κ3) is 3.98. The van der Waals surface area contributed by atoms with Crippen molar-refractivity contribution in [1.82, 2.24) is 5.43 Å². The van der Waals surface area contributed by atoms with Crippen LogP contribution in [0.15, 0.2) is 0 Å². The molecule has 0 bridgehead atoms. The zero-order valence-electron chi connectivity index (χ0n) is 5.55. The van der Waals surface area contributed by atoms with Crippen LogP contribution in [0, 0.1) is 12.3 Å². The van der Waals surface area contributed by atoms with E-state index < -0.39 is 0 Å². The third-order valence-electron chi connectivity index (χ3n) is 0.891. The van der Waals surface area contributed by atoms with Crippen molar-refractivity contribution >= 4 is 0 Å². The van der Waals surface area contributed by atoms with E-state index in [1.807, 2.05) is 6.92 Å². The first-order valence-corrected chi connectivity index (χ1v) is 2.85. The van der Waals surface area contributed by atoms with E-state index in [9.17, 15) is 0 Å². The summed E-state index contributed by atoms with van der Waals surface area (Å²) in [7, 11) is 0. The monoisotopic (exact) mass is 128 g/mol. The van der Waals surface area contributed by atoms with Crippen LogP contribution in [0.3, 0.4) is 0 Å². The third-order valence-corrected chi connectivity index (χ3v) is 0.891. The Labute approximate surface area is 55.5 Å². The Morgan fingerprint density at radius 1 is 1.89 bits per heavy atom. The molecule has 0 heterocycles. The standard InChI is InChI=1S/C6H12N2O/c1-3-6(8-7)5-9-4-2/h1,6,8H,4-5,7H2,2H3. The topological polar surface area (TPSA) is 47.3 Å². The number of nitrogens with one attached hydrogen (secondary N) is 1. The van der Waals surface area contributed by atoms with Crippen LogP contribution >= 0.6 is 0 Å². The highest BCUT2D eigenvalue weighted by Crippen LogP contribution is 1.79. The zero-order valence-corrected chi connectivity index (χ0v) is 5.55. The molecule has 0 radical (unpaired) electrons. The van der Waals surface area contributed by atoms with Crippen LogP contribution in [0.25, 0.3) is 0 Å². The molecule has 1 atom stereocenters. The first kappa shape index (κ1) is 8.44. The van der Waals surface area contributed by atoms with Gasteiger partial charge in [0.25, 0.3) is 0 Å². The van der Waals surface area contributed by atoms with Crippen molar-refractivity contribution < 1.29 is 4.74 Å². The molecule has 0 aromatic carbocycles. The molecule has 0 aromatic rings. The van der Waals surface area contributed by atoms with Crippen molar-refractivity contribution in [2.24, 2.45) is 5.84 Å². The fourth-order valence-electron chi connectivity index (χ4n) is 0.380. The summed E-state index contributed by atoms with van der Waals surface area (Å²) in [6, 6.07) is -0.162. The van der Waals surface area contributed by atoms with Gasteiger partial charge in [0.1, 0.15) is 6.04 Å². The predicted octanol–water partition coefficient (Wildman–Crippen LogP) is -0.512. The van der Waals surface area contributed by atoms with Crippen LogP contribution in [0.4, 0.5) is 0 Å². The Balaban J connectivity index is 3.23. The molecule has 3 heteroatoms. The first-order valence-electron chi connectivity index (χ1n) is 2.85. The van der Waals surface area contributed by atoms with Crippen molar-refractivity contribution in [2.75, 3.05) is 13.2 Å². The Kier molecular flexibility index (Phi) is 5.23. The number of hydrogen-bond acceptors (Lipinski definition) is 3. The SMILES string of the molecule is C#CC(COCC)NN. The minimum atomic E-state index is -0.162. The van der Waals surface area contributed by atoms with Crippen molar-refractivity contribution in [3.63, 3.8) is 0 Å². The normalized spacial score (nSPS) is 12.6. The van der Waals surface area contributed by atoms with Crippen LogP contribution in [-0.4, -0.2) is 19.3 Å². The lowest BCUT2D eigenvalue weighted by atomic mass is 10.3. The van der Waals surface area contributed by atoms with Gasteiger partial charge < -0.3 is 4.74 Å². The number of terminal acetylenes is 1. The number of rotatable bonds is 4. The molecule has 0 amide bonds. The fraction of sp³-hybridized carbons (Fsp3) is 0.667. The predicted molar refractivity (Wildman–Crippen MR) is 36.4 cm³/mol. The van der Waals surface area contributed by atoms with Gasteiger partial charge in [0.05, 0.1) is 6.61 Å². The van der Waals surface area contributed by atoms with Gasteiger partial charge in [-0.1, -0.05) is 5.92 Å². The van der Waals surface area contributed by atoms with Crippen molar-refractivity contribution in [3.05, 3.63) is 0 Å². The van der Waals surface area contributed by atoms with Crippen LogP contribution in [-0.2, 0) is 4.74 Å². The van der Waals surface area contributed by atoms with E-state index in [-0.39, 0.29) is 6.04 Å². The molecule has 1 unspecified atom stereocenters. The summed E-state index contributed by atoms with van der Waals surface area (Å²) >= 11 is 0. The minimum Gasteiger partial charge on any atom is -0.379 e. The van der Waals surface area contributed by atoms with Crippen LogP contribution < -0.4 is 11.3 Å². The van der Waals surface area contributed by atoms with Gasteiger partial charge in [0.15, 0.2) is 0 Å². The second-order valence-corrected chi connectivity index (χ2v) is 1.55. The average Bonchev–Trinajstić information content (AvgIpc) is 1.91. The lowest BCUT2D eigenvalue weighted by molar-refractivity contribution is 0.136. The zero-order chi connectivity index (χ0) is 7.11. The Bertz CT molecular complexity index is 97.7. The summed E-state index contributed by atoms with van der Waals surface area (Å²) in [5.41, 5.74) is 2.43. The van der Waals surface area contributed by atoms with Crippen LogP contribution in [0.1, 0.15) is 6.92 Å². The molecule has 0 saturated heterocycles. The summed E-state index contributed by atoms with van der Waals surface area (Å²) in [6.45, 7) is 3.05. The minimum absolute atomic E-state index is 0.162. The van der Waals surface area contributed by atoms with Gasteiger partial charge in [-0.3, -0.25) is 5.84 Å². The van der Waals surface area contributed by atoms with Crippen LogP contribution in [0.2, 0.25) is 0 Å².